The summed E-state index contributed by atoms with van der Waals surface area (Å²) in [7, 11) is 0. The Morgan fingerprint density at radius 2 is 1.88 bits per heavy atom. The number of pyridine rings is 2. The minimum Gasteiger partial charge on any atom is -0.347 e. The standard InChI is InChI=1S/C32H32ClN6O3/c1-6-21-12-13-34-27-20(5)38-29(23-11-9-8-10-22(23)17-40)25(33)14-24-30(35-32(42)39(28(21)27)31(24)38)37-18(3)15-36(16-19(37)4)26(41)7-2/h7-14,17-20H,2,6,15-16H2,1,3-5H3/q+1/t18-,19-,20?/m0/s1. The van der Waals surface area contributed by atoms with E-state index in [2.05, 4.69) is 11.5 Å². The lowest BCUT2D eigenvalue weighted by Gasteiger charge is -2.45. The highest BCUT2D eigenvalue weighted by Crippen LogP contribution is 2.39. The van der Waals surface area contributed by atoms with E-state index in [1.807, 2.05) is 62.6 Å². The van der Waals surface area contributed by atoms with Crippen molar-refractivity contribution in [1.29, 1.82) is 0 Å². The molecule has 2 aliphatic rings. The van der Waals surface area contributed by atoms with Gasteiger partial charge in [0.15, 0.2) is 23.5 Å². The molecule has 1 saturated heterocycles. The van der Waals surface area contributed by atoms with Gasteiger partial charge in [0.2, 0.25) is 5.91 Å². The number of halogens is 1. The van der Waals surface area contributed by atoms with Crippen LogP contribution in [-0.2, 0) is 11.2 Å². The summed E-state index contributed by atoms with van der Waals surface area (Å²) in [4.78, 5) is 52.0. The molecule has 2 aliphatic heterocycles. The summed E-state index contributed by atoms with van der Waals surface area (Å²) in [5, 5.41) is 1.13. The largest absolute Gasteiger partial charge is 0.442 e. The second kappa shape index (κ2) is 10.5. The van der Waals surface area contributed by atoms with Crippen LogP contribution >= 0.6 is 11.6 Å². The maximum absolute atomic E-state index is 14.2. The first-order chi connectivity index (χ1) is 20.2. The number of carbonyl (C=O) groups is 2. The number of rotatable bonds is 5. The fourth-order valence-corrected chi connectivity index (χ4v) is 6.98. The highest BCUT2D eigenvalue weighted by molar-refractivity contribution is 6.33. The quantitative estimate of drug-likeness (QED) is 0.198. The average molecular weight is 584 g/mol. The monoisotopic (exact) mass is 583 g/mol. The number of benzene rings is 1. The van der Waals surface area contributed by atoms with Crippen LogP contribution in [0.5, 0.6) is 0 Å². The highest BCUT2D eigenvalue weighted by atomic mass is 35.5. The van der Waals surface area contributed by atoms with E-state index in [1.54, 1.807) is 21.7 Å². The van der Waals surface area contributed by atoms with Gasteiger partial charge < -0.3 is 9.80 Å². The van der Waals surface area contributed by atoms with Crippen LogP contribution in [0.1, 0.15) is 55.4 Å². The van der Waals surface area contributed by atoms with E-state index < -0.39 is 5.69 Å². The number of nitrogens with zero attached hydrogens (tertiary/aromatic N) is 6. The Morgan fingerprint density at radius 1 is 1.17 bits per heavy atom. The molecule has 4 aromatic rings. The van der Waals surface area contributed by atoms with Gasteiger partial charge in [0.1, 0.15) is 17.1 Å². The molecule has 6 rings (SSSR count). The molecule has 0 aliphatic carbocycles. The molecule has 0 radical (unpaired) electrons. The molecule has 10 heteroatoms. The van der Waals surface area contributed by atoms with Crippen molar-refractivity contribution in [3.63, 3.8) is 0 Å². The van der Waals surface area contributed by atoms with Crippen LogP contribution in [0.2, 0.25) is 5.02 Å². The second-order valence-electron chi connectivity index (χ2n) is 11.0. The average Bonchev–Trinajstić information content (AvgIpc) is 2.99. The first-order valence-corrected chi connectivity index (χ1v) is 14.5. The Labute approximate surface area is 248 Å². The van der Waals surface area contributed by atoms with Gasteiger partial charge in [-0.25, -0.2) is 9.36 Å². The number of aromatic nitrogens is 4. The van der Waals surface area contributed by atoms with E-state index in [0.717, 1.165) is 23.2 Å². The van der Waals surface area contributed by atoms with Gasteiger partial charge in [-0.15, -0.1) is 4.57 Å². The van der Waals surface area contributed by atoms with E-state index in [9.17, 15) is 14.4 Å². The molecule has 5 heterocycles. The van der Waals surface area contributed by atoms with E-state index in [4.69, 9.17) is 21.6 Å². The van der Waals surface area contributed by atoms with Crippen molar-refractivity contribution in [2.24, 2.45) is 0 Å². The summed E-state index contributed by atoms with van der Waals surface area (Å²) in [6.45, 7) is 12.7. The topological polar surface area (TPSA) is 92.3 Å². The lowest BCUT2D eigenvalue weighted by molar-refractivity contribution is -0.679. The van der Waals surface area contributed by atoms with Crippen molar-refractivity contribution >= 4 is 40.6 Å². The maximum atomic E-state index is 14.2. The van der Waals surface area contributed by atoms with Crippen LogP contribution in [0.3, 0.4) is 0 Å². The molecule has 0 N–H and O–H groups in total. The number of fused-ring (bicyclic) bond motifs is 2. The number of anilines is 1. The van der Waals surface area contributed by atoms with Gasteiger partial charge in [-0.3, -0.25) is 14.6 Å². The lowest BCUT2D eigenvalue weighted by Crippen LogP contribution is -2.59. The van der Waals surface area contributed by atoms with Gasteiger partial charge in [0.05, 0.1) is 5.02 Å². The van der Waals surface area contributed by atoms with Gasteiger partial charge in [0.25, 0.3) is 0 Å². The van der Waals surface area contributed by atoms with Crippen LogP contribution < -0.4 is 15.2 Å². The molecule has 214 valence electrons. The second-order valence-corrected chi connectivity index (χ2v) is 11.4. The first kappa shape index (κ1) is 27.8. The third kappa shape index (κ3) is 4.06. The minimum atomic E-state index is -0.428. The maximum Gasteiger partial charge on any atom is 0.442 e. The molecule has 1 fully saturated rings. The molecule has 1 unspecified atom stereocenters. The van der Waals surface area contributed by atoms with Crippen LogP contribution in [0, 0.1) is 0 Å². The normalized spacial score (nSPS) is 19.5. The van der Waals surface area contributed by atoms with Crippen LogP contribution in [0.15, 0.2) is 60.0 Å². The molecule has 3 atom stereocenters. The molecule has 0 bridgehead atoms. The number of hydrogen-bond acceptors (Lipinski definition) is 6. The number of piperazine rings is 1. The summed E-state index contributed by atoms with van der Waals surface area (Å²) in [6, 6.07) is 10.5. The third-order valence-corrected chi connectivity index (χ3v) is 8.76. The Balaban J connectivity index is 1.72. The zero-order chi connectivity index (χ0) is 29.9. The van der Waals surface area contributed by atoms with Crippen LogP contribution in [-0.4, -0.2) is 56.8 Å². The summed E-state index contributed by atoms with van der Waals surface area (Å²) < 4.78 is 3.67. The van der Waals surface area contributed by atoms with Gasteiger partial charge in [0, 0.05) is 48.1 Å². The first-order valence-electron chi connectivity index (χ1n) is 14.1. The number of carbonyl (C=O) groups excluding carboxylic acids is 2. The Morgan fingerprint density at radius 3 is 2.55 bits per heavy atom. The summed E-state index contributed by atoms with van der Waals surface area (Å²) in [6.07, 6.45) is 4.61. The molecule has 1 amide bonds. The summed E-state index contributed by atoms with van der Waals surface area (Å²) in [5.74, 6) is 0.390. The van der Waals surface area contributed by atoms with Gasteiger partial charge in [-0.2, -0.15) is 4.98 Å². The molecule has 3 aromatic heterocycles. The zero-order valence-electron chi connectivity index (χ0n) is 24.0. The predicted molar refractivity (Wildman–Crippen MR) is 163 cm³/mol. The van der Waals surface area contributed by atoms with E-state index in [-0.39, 0.29) is 24.0 Å². The number of hydrogen-bond donors (Lipinski definition) is 0. The van der Waals surface area contributed by atoms with E-state index in [0.29, 0.717) is 58.2 Å². The van der Waals surface area contributed by atoms with E-state index >= 15 is 0 Å². The molecule has 42 heavy (non-hydrogen) atoms. The SMILES string of the molecule is C=CC(=O)N1C[C@H](C)N(c2nc(=O)n3c4c2cc(Cl)c(-c2ccccc2C=O)[n+]4C(C)c2nccc(CC)c2-3)[C@@H](C)C1. The van der Waals surface area contributed by atoms with Crippen LogP contribution in [0.25, 0.3) is 28.0 Å². The van der Waals surface area contributed by atoms with Crippen molar-refractivity contribution in [2.45, 2.75) is 52.2 Å². The van der Waals surface area contributed by atoms with Crippen LogP contribution in [0.4, 0.5) is 5.82 Å². The number of aldehydes is 1. The van der Waals surface area contributed by atoms with Gasteiger partial charge in [-0.05, 0) is 51.5 Å². The van der Waals surface area contributed by atoms with Gasteiger partial charge >= 0.3 is 11.3 Å². The molecule has 0 spiro atoms. The Kier molecular flexibility index (Phi) is 6.93. The van der Waals surface area contributed by atoms with Gasteiger partial charge in [-0.1, -0.05) is 43.3 Å². The van der Waals surface area contributed by atoms with Crippen molar-refractivity contribution in [1.82, 2.24) is 19.4 Å². The molecule has 0 saturated carbocycles. The fraction of sp³-hybridized carbons (Fsp3) is 0.312. The summed E-state index contributed by atoms with van der Waals surface area (Å²) >= 11 is 7.13. The van der Waals surface area contributed by atoms with Crippen molar-refractivity contribution in [3.05, 3.63) is 87.6 Å². The Hall–Kier alpha value is -4.37. The highest BCUT2D eigenvalue weighted by Gasteiger charge is 2.42. The number of amides is 1. The number of aryl methyl sites for hydroxylation is 1. The van der Waals surface area contributed by atoms with E-state index in [1.165, 1.54) is 6.08 Å². The molecule has 9 nitrogen and oxygen atoms in total. The molecule has 1 aromatic carbocycles. The molecular formula is C32H32ClN6O3+. The smallest absolute Gasteiger partial charge is 0.347 e. The Bertz CT molecular complexity index is 1840. The summed E-state index contributed by atoms with van der Waals surface area (Å²) in [5.41, 5.74) is 4.44. The van der Waals surface area contributed by atoms with Crippen molar-refractivity contribution in [3.8, 4) is 16.9 Å². The van der Waals surface area contributed by atoms with Crippen molar-refractivity contribution < 1.29 is 14.2 Å². The van der Waals surface area contributed by atoms with Crippen molar-refractivity contribution in [2.75, 3.05) is 18.0 Å². The predicted octanol–water partition coefficient (Wildman–Crippen LogP) is 4.30. The zero-order valence-corrected chi connectivity index (χ0v) is 24.8. The molecular weight excluding hydrogens is 552 g/mol. The lowest BCUT2D eigenvalue weighted by atomic mass is 9.98. The minimum absolute atomic E-state index is 0.125. The third-order valence-electron chi connectivity index (χ3n) is 8.47. The fourth-order valence-electron chi connectivity index (χ4n) is 6.68.